The van der Waals surface area contributed by atoms with E-state index in [1.807, 2.05) is 0 Å². The summed E-state index contributed by atoms with van der Waals surface area (Å²) in [6, 6.07) is 2.99. The highest BCUT2D eigenvalue weighted by molar-refractivity contribution is 9.10. The number of aliphatic hydroxyl groups is 2. The average Bonchev–Trinajstić information content (AvgIpc) is 2.07. The lowest BCUT2D eigenvalue weighted by molar-refractivity contribution is 0.0794. The Labute approximate surface area is 96.9 Å². The molecular weight excluding hydrogens is 263 g/mol. The molecule has 1 aromatic carbocycles. The maximum atomic E-state index is 13.6. The van der Waals surface area contributed by atoms with Gasteiger partial charge in [0.05, 0.1) is 12.2 Å². The number of halogens is 2. The van der Waals surface area contributed by atoms with Crippen LogP contribution in [-0.4, -0.2) is 15.8 Å². The molecule has 1 aromatic rings. The highest BCUT2D eigenvalue weighted by atomic mass is 79.9. The molecule has 0 atom stereocenters. The molecule has 84 valence electrons. The van der Waals surface area contributed by atoms with Crippen LogP contribution in [0.15, 0.2) is 16.6 Å². The van der Waals surface area contributed by atoms with Crippen LogP contribution in [0, 0.1) is 5.82 Å². The highest BCUT2D eigenvalue weighted by Gasteiger charge is 2.19. The van der Waals surface area contributed by atoms with E-state index in [0.29, 0.717) is 15.6 Å². The third-order valence-corrected chi connectivity index (χ3v) is 2.49. The molecular formula is C11H14BrFO2. The van der Waals surface area contributed by atoms with Crippen LogP contribution in [0.5, 0.6) is 0 Å². The van der Waals surface area contributed by atoms with E-state index in [1.165, 1.54) is 6.07 Å². The summed E-state index contributed by atoms with van der Waals surface area (Å²) in [4.78, 5) is 0. The lowest BCUT2D eigenvalue weighted by Gasteiger charge is -2.19. The minimum atomic E-state index is -0.988. The number of benzene rings is 1. The van der Waals surface area contributed by atoms with Gasteiger partial charge >= 0.3 is 0 Å². The van der Waals surface area contributed by atoms with E-state index < -0.39 is 11.4 Å². The number of aliphatic hydroxyl groups excluding tert-OH is 1. The van der Waals surface area contributed by atoms with Crippen LogP contribution in [0.4, 0.5) is 4.39 Å². The van der Waals surface area contributed by atoms with Gasteiger partial charge in [-0.3, -0.25) is 0 Å². The summed E-state index contributed by atoms with van der Waals surface area (Å²) in [6.45, 7) is 2.98. The van der Waals surface area contributed by atoms with Crippen LogP contribution >= 0.6 is 15.9 Å². The van der Waals surface area contributed by atoms with Crippen LogP contribution in [0.25, 0.3) is 0 Å². The summed E-state index contributed by atoms with van der Waals surface area (Å²) in [6.07, 6.45) is 0.183. The van der Waals surface area contributed by atoms with Gasteiger partial charge in [-0.15, -0.1) is 0 Å². The number of rotatable bonds is 3. The molecule has 15 heavy (non-hydrogen) atoms. The fraction of sp³-hybridized carbons (Fsp3) is 0.455. The van der Waals surface area contributed by atoms with Crippen LogP contribution in [0.2, 0.25) is 0 Å². The maximum absolute atomic E-state index is 13.6. The molecule has 0 bridgehead atoms. The SMILES string of the molecule is CC(C)(O)Cc1c(F)cc(Br)cc1CO. The van der Waals surface area contributed by atoms with Gasteiger partial charge in [-0.2, -0.15) is 0 Å². The molecule has 0 fully saturated rings. The number of hydrogen-bond acceptors (Lipinski definition) is 2. The molecule has 0 saturated carbocycles. The maximum Gasteiger partial charge on any atom is 0.127 e. The van der Waals surface area contributed by atoms with Crippen molar-refractivity contribution in [3.05, 3.63) is 33.5 Å². The van der Waals surface area contributed by atoms with Crippen molar-refractivity contribution in [2.24, 2.45) is 0 Å². The molecule has 0 aromatic heterocycles. The molecule has 0 aliphatic carbocycles. The minimum Gasteiger partial charge on any atom is -0.392 e. The van der Waals surface area contributed by atoms with Crippen molar-refractivity contribution in [3.63, 3.8) is 0 Å². The quantitative estimate of drug-likeness (QED) is 0.890. The van der Waals surface area contributed by atoms with Crippen LogP contribution < -0.4 is 0 Å². The van der Waals surface area contributed by atoms with Crippen molar-refractivity contribution < 1.29 is 14.6 Å². The molecule has 0 saturated heterocycles. The summed E-state index contributed by atoms with van der Waals surface area (Å²) >= 11 is 3.15. The van der Waals surface area contributed by atoms with Gasteiger partial charge in [0.15, 0.2) is 0 Å². The van der Waals surface area contributed by atoms with Gasteiger partial charge in [0.1, 0.15) is 5.82 Å². The lowest BCUT2D eigenvalue weighted by Crippen LogP contribution is -2.23. The fourth-order valence-electron chi connectivity index (χ4n) is 1.43. The number of hydrogen-bond donors (Lipinski definition) is 2. The van der Waals surface area contributed by atoms with Crippen molar-refractivity contribution in [2.45, 2.75) is 32.5 Å². The van der Waals surface area contributed by atoms with E-state index >= 15 is 0 Å². The molecule has 0 amide bonds. The Morgan fingerprint density at radius 1 is 1.40 bits per heavy atom. The van der Waals surface area contributed by atoms with Gasteiger partial charge in [0.2, 0.25) is 0 Å². The van der Waals surface area contributed by atoms with E-state index in [0.717, 1.165) is 0 Å². The monoisotopic (exact) mass is 276 g/mol. The first kappa shape index (κ1) is 12.6. The predicted octanol–water partition coefficient (Wildman–Crippen LogP) is 2.39. The normalized spacial score (nSPS) is 11.9. The zero-order chi connectivity index (χ0) is 11.6. The summed E-state index contributed by atoms with van der Waals surface area (Å²) in [5.41, 5.74) is -0.115. The Morgan fingerprint density at radius 2 is 2.00 bits per heavy atom. The summed E-state index contributed by atoms with van der Waals surface area (Å²) in [7, 11) is 0. The second-order valence-electron chi connectivity index (χ2n) is 4.17. The molecule has 0 heterocycles. The zero-order valence-corrected chi connectivity index (χ0v) is 10.3. The molecule has 0 unspecified atom stereocenters. The van der Waals surface area contributed by atoms with Crippen molar-refractivity contribution in [1.29, 1.82) is 0 Å². The van der Waals surface area contributed by atoms with Crippen molar-refractivity contribution in [1.82, 2.24) is 0 Å². The van der Waals surface area contributed by atoms with E-state index in [2.05, 4.69) is 15.9 Å². The first-order chi connectivity index (χ1) is 6.83. The standard InChI is InChI=1S/C11H14BrFO2/c1-11(2,15)5-9-7(6-14)3-8(12)4-10(9)13/h3-4,14-15H,5-6H2,1-2H3. The fourth-order valence-corrected chi connectivity index (χ4v) is 1.91. The Kier molecular flexibility index (Phi) is 3.87. The predicted molar refractivity (Wildman–Crippen MR) is 60.0 cm³/mol. The zero-order valence-electron chi connectivity index (χ0n) is 8.72. The van der Waals surface area contributed by atoms with Crippen LogP contribution in [0.1, 0.15) is 25.0 Å². The van der Waals surface area contributed by atoms with Crippen molar-refractivity contribution in [3.8, 4) is 0 Å². The van der Waals surface area contributed by atoms with Gasteiger partial charge in [-0.05, 0) is 37.1 Å². The first-order valence-corrected chi connectivity index (χ1v) is 5.43. The second kappa shape index (κ2) is 4.60. The minimum absolute atomic E-state index is 0.183. The van der Waals surface area contributed by atoms with Gasteiger partial charge in [0.25, 0.3) is 0 Å². The van der Waals surface area contributed by atoms with Crippen molar-refractivity contribution in [2.75, 3.05) is 0 Å². The molecule has 0 spiro atoms. The third-order valence-electron chi connectivity index (χ3n) is 2.03. The molecule has 2 N–H and O–H groups in total. The van der Waals surface area contributed by atoms with Crippen LogP contribution in [0.3, 0.4) is 0 Å². The Bertz CT molecular complexity index is 358. The third kappa shape index (κ3) is 3.55. The van der Waals surface area contributed by atoms with E-state index in [-0.39, 0.29) is 13.0 Å². The highest BCUT2D eigenvalue weighted by Crippen LogP contribution is 2.24. The van der Waals surface area contributed by atoms with E-state index in [4.69, 9.17) is 5.11 Å². The smallest absolute Gasteiger partial charge is 0.127 e. The molecule has 4 heteroatoms. The Morgan fingerprint density at radius 3 is 2.47 bits per heavy atom. The van der Waals surface area contributed by atoms with Crippen LogP contribution in [-0.2, 0) is 13.0 Å². The molecule has 0 radical (unpaired) electrons. The molecule has 2 nitrogen and oxygen atoms in total. The van der Waals surface area contributed by atoms with Gasteiger partial charge in [-0.25, -0.2) is 4.39 Å². The average molecular weight is 277 g/mol. The van der Waals surface area contributed by atoms with E-state index in [1.54, 1.807) is 19.9 Å². The van der Waals surface area contributed by atoms with E-state index in [9.17, 15) is 9.50 Å². The van der Waals surface area contributed by atoms with Gasteiger partial charge in [0, 0.05) is 10.9 Å². The summed E-state index contributed by atoms with van der Waals surface area (Å²) in [5.74, 6) is -0.407. The summed E-state index contributed by atoms with van der Waals surface area (Å²) < 4.78 is 14.2. The molecule has 0 aliphatic rings. The van der Waals surface area contributed by atoms with Gasteiger partial charge < -0.3 is 10.2 Å². The first-order valence-electron chi connectivity index (χ1n) is 4.63. The second-order valence-corrected chi connectivity index (χ2v) is 5.09. The molecule has 1 rings (SSSR count). The van der Waals surface area contributed by atoms with Gasteiger partial charge in [-0.1, -0.05) is 15.9 Å². The van der Waals surface area contributed by atoms with Crippen molar-refractivity contribution >= 4 is 15.9 Å². The lowest BCUT2D eigenvalue weighted by atomic mass is 9.94. The topological polar surface area (TPSA) is 40.5 Å². The Balaban J connectivity index is 3.15. The molecule has 0 aliphatic heterocycles. The Hall–Kier alpha value is -0.450. The largest absolute Gasteiger partial charge is 0.392 e. The summed E-state index contributed by atoms with van der Waals surface area (Å²) in [5, 5.41) is 18.7.